The van der Waals surface area contributed by atoms with Crippen LogP contribution in [0.1, 0.15) is 24.5 Å². The van der Waals surface area contributed by atoms with Crippen molar-refractivity contribution >= 4 is 11.9 Å². The monoisotopic (exact) mass is 435 g/mol. The minimum absolute atomic E-state index is 0.0463. The Kier molecular flexibility index (Phi) is 7.10. The van der Waals surface area contributed by atoms with E-state index in [2.05, 4.69) is 27.8 Å². The van der Waals surface area contributed by atoms with Gasteiger partial charge in [0.1, 0.15) is 5.70 Å². The first-order valence-corrected chi connectivity index (χ1v) is 10.1. The fourth-order valence-corrected chi connectivity index (χ4v) is 3.46. The molecule has 2 atom stereocenters. The number of carboxylic acid groups (broad SMARTS) is 1. The van der Waals surface area contributed by atoms with Gasteiger partial charge < -0.3 is 21.0 Å². The van der Waals surface area contributed by atoms with Crippen LogP contribution in [0.2, 0.25) is 0 Å². The molecule has 0 fully saturated rings. The van der Waals surface area contributed by atoms with E-state index in [4.69, 9.17) is 5.26 Å². The van der Waals surface area contributed by atoms with Crippen LogP contribution in [-0.2, 0) is 16.0 Å². The molecule has 6 N–H and O–H groups in total. The summed E-state index contributed by atoms with van der Waals surface area (Å²) in [5, 5.41) is 31.2. The third-order valence-corrected chi connectivity index (χ3v) is 5.39. The number of amides is 1. The van der Waals surface area contributed by atoms with Gasteiger partial charge >= 0.3 is 5.97 Å². The van der Waals surface area contributed by atoms with Crippen LogP contribution in [0, 0.1) is 16.7 Å². The number of nitrogens with one attached hydrogen (secondary N) is 4. The molecule has 0 saturated heterocycles. The number of hydrazine groups is 2. The van der Waals surface area contributed by atoms with Crippen molar-refractivity contribution in [1.29, 1.82) is 5.26 Å². The number of hydrogen-bond acceptors (Lipinski definition) is 7. The van der Waals surface area contributed by atoms with E-state index >= 15 is 0 Å². The zero-order valence-corrected chi connectivity index (χ0v) is 17.6. The molecule has 0 aromatic heterocycles. The van der Waals surface area contributed by atoms with Gasteiger partial charge in [-0.05, 0) is 48.6 Å². The van der Waals surface area contributed by atoms with Gasteiger partial charge in [-0.1, -0.05) is 36.4 Å². The zero-order chi connectivity index (χ0) is 23.1. The molecular formula is C23H25N5O4. The lowest BCUT2D eigenvalue weighted by Gasteiger charge is -2.28. The van der Waals surface area contributed by atoms with Gasteiger partial charge in [0, 0.05) is 12.2 Å². The molecule has 0 radical (unpaired) electrons. The summed E-state index contributed by atoms with van der Waals surface area (Å²) in [4.78, 5) is 24.2. The normalized spacial score (nSPS) is 15.3. The second-order valence-corrected chi connectivity index (χ2v) is 7.94. The highest BCUT2D eigenvalue weighted by Gasteiger charge is 2.36. The molecule has 0 spiro atoms. The molecule has 0 bridgehead atoms. The van der Waals surface area contributed by atoms with E-state index in [-0.39, 0.29) is 12.1 Å². The van der Waals surface area contributed by atoms with E-state index in [1.807, 2.05) is 42.5 Å². The van der Waals surface area contributed by atoms with E-state index in [1.165, 1.54) is 13.1 Å². The lowest BCUT2D eigenvalue weighted by molar-refractivity contribution is -0.151. The quantitative estimate of drug-likeness (QED) is 0.344. The van der Waals surface area contributed by atoms with E-state index in [0.29, 0.717) is 12.0 Å². The van der Waals surface area contributed by atoms with Crippen molar-refractivity contribution in [3.63, 3.8) is 0 Å². The number of aliphatic hydroxyl groups is 1. The number of rotatable bonds is 9. The third-order valence-electron chi connectivity index (χ3n) is 5.39. The average Bonchev–Trinajstić information content (AvgIpc) is 3.34. The molecule has 1 aliphatic heterocycles. The fraction of sp³-hybridized carbons (Fsp3) is 0.261. The smallest absolute Gasteiger partial charge is 0.311 e. The summed E-state index contributed by atoms with van der Waals surface area (Å²) in [6, 6.07) is 16.5. The predicted molar refractivity (Wildman–Crippen MR) is 117 cm³/mol. The number of nitrogens with zero attached hydrogens (tertiary/aromatic N) is 1. The van der Waals surface area contributed by atoms with Crippen LogP contribution in [0.5, 0.6) is 0 Å². The molecule has 2 aromatic rings. The number of aliphatic carboxylic acids is 1. The Labute approximate surface area is 185 Å². The summed E-state index contributed by atoms with van der Waals surface area (Å²) < 4.78 is 0. The van der Waals surface area contributed by atoms with Gasteiger partial charge in [0.25, 0.3) is 5.91 Å². The molecule has 3 rings (SSSR count). The Morgan fingerprint density at radius 2 is 1.94 bits per heavy atom. The molecule has 2 aromatic carbocycles. The Balaban J connectivity index is 1.79. The Morgan fingerprint density at radius 3 is 2.53 bits per heavy atom. The van der Waals surface area contributed by atoms with Crippen molar-refractivity contribution in [3.05, 3.63) is 71.6 Å². The van der Waals surface area contributed by atoms with Gasteiger partial charge in [0.15, 0.2) is 0 Å². The van der Waals surface area contributed by atoms with Crippen LogP contribution >= 0.6 is 0 Å². The fourth-order valence-electron chi connectivity index (χ4n) is 3.46. The van der Waals surface area contributed by atoms with Crippen LogP contribution in [0.4, 0.5) is 0 Å². The molecular weight excluding hydrogens is 410 g/mol. The molecule has 0 aliphatic carbocycles. The van der Waals surface area contributed by atoms with Crippen LogP contribution in [0.15, 0.2) is 60.4 Å². The van der Waals surface area contributed by atoms with Gasteiger partial charge in [-0.25, -0.2) is 0 Å². The number of hydrogen-bond donors (Lipinski definition) is 6. The Bertz CT molecular complexity index is 1060. The maximum absolute atomic E-state index is 12.5. The van der Waals surface area contributed by atoms with Crippen LogP contribution in [0.25, 0.3) is 11.1 Å². The largest absolute Gasteiger partial charge is 0.481 e. The number of benzene rings is 2. The Hall–Kier alpha value is -3.87. The Morgan fingerprint density at radius 1 is 1.19 bits per heavy atom. The number of aliphatic hydroxyl groups excluding tert-OH is 1. The lowest BCUT2D eigenvalue weighted by atomic mass is 9.82. The average molecular weight is 435 g/mol. The number of carboxylic acids is 1. The highest BCUT2D eigenvalue weighted by molar-refractivity contribution is 5.93. The summed E-state index contributed by atoms with van der Waals surface area (Å²) in [5.74, 6) is -1.53. The van der Waals surface area contributed by atoms with Crippen molar-refractivity contribution in [2.75, 3.05) is 6.61 Å². The molecule has 0 unspecified atom stereocenters. The van der Waals surface area contributed by atoms with Crippen LogP contribution in [0.3, 0.4) is 0 Å². The van der Waals surface area contributed by atoms with Crippen molar-refractivity contribution in [2.45, 2.75) is 25.8 Å². The minimum Gasteiger partial charge on any atom is -0.481 e. The van der Waals surface area contributed by atoms with Gasteiger partial charge in [-0.15, -0.1) is 0 Å². The van der Waals surface area contributed by atoms with Gasteiger partial charge in [0.2, 0.25) is 0 Å². The first-order chi connectivity index (χ1) is 15.3. The minimum atomic E-state index is -1.40. The van der Waals surface area contributed by atoms with E-state index in [9.17, 15) is 19.8 Å². The van der Waals surface area contributed by atoms with Crippen molar-refractivity contribution in [1.82, 2.24) is 21.7 Å². The van der Waals surface area contributed by atoms with Gasteiger partial charge in [-0.3, -0.25) is 15.0 Å². The summed E-state index contributed by atoms with van der Waals surface area (Å²) in [5.41, 5.74) is 10.1. The van der Waals surface area contributed by atoms with Crippen molar-refractivity contribution in [3.8, 4) is 17.2 Å². The first kappa shape index (κ1) is 22.8. The topological polar surface area (TPSA) is 147 Å². The van der Waals surface area contributed by atoms with E-state index < -0.39 is 29.9 Å². The van der Waals surface area contributed by atoms with Crippen molar-refractivity contribution in [2.24, 2.45) is 5.41 Å². The maximum Gasteiger partial charge on any atom is 0.311 e. The number of nitriles is 1. The summed E-state index contributed by atoms with van der Waals surface area (Å²) >= 11 is 0. The molecule has 0 saturated carbocycles. The molecule has 1 amide bonds. The second kappa shape index (κ2) is 9.96. The highest BCUT2D eigenvalue weighted by Crippen LogP contribution is 2.26. The molecule has 166 valence electrons. The summed E-state index contributed by atoms with van der Waals surface area (Å²) in [6.07, 6.45) is 1.88. The predicted octanol–water partition coefficient (Wildman–Crippen LogP) is 1.18. The SMILES string of the molecule is C[C@@](CO)(C[C@@H](Cc1ccc(-c2cccc(C#N)c2)cc1)NC(=O)C1=CNNN1)C(=O)O. The molecule has 9 nitrogen and oxygen atoms in total. The molecule has 1 heterocycles. The second-order valence-electron chi connectivity index (χ2n) is 7.94. The highest BCUT2D eigenvalue weighted by atomic mass is 16.4. The van der Waals surface area contributed by atoms with Gasteiger partial charge in [0.05, 0.1) is 23.7 Å². The van der Waals surface area contributed by atoms with Crippen molar-refractivity contribution < 1.29 is 19.8 Å². The third kappa shape index (κ3) is 5.43. The molecule has 9 heteroatoms. The number of carbonyl (C=O) groups is 2. The van der Waals surface area contributed by atoms with E-state index in [1.54, 1.807) is 6.07 Å². The van der Waals surface area contributed by atoms with Gasteiger partial charge in [-0.2, -0.15) is 10.8 Å². The number of carbonyl (C=O) groups excluding carboxylic acids is 1. The maximum atomic E-state index is 12.5. The lowest BCUT2D eigenvalue weighted by Crippen LogP contribution is -2.46. The van der Waals surface area contributed by atoms with E-state index in [0.717, 1.165) is 16.7 Å². The summed E-state index contributed by atoms with van der Waals surface area (Å²) in [6.45, 7) is 0.906. The van der Waals surface area contributed by atoms with Crippen LogP contribution in [-0.4, -0.2) is 34.7 Å². The molecule has 32 heavy (non-hydrogen) atoms. The first-order valence-electron chi connectivity index (χ1n) is 10.1. The summed E-state index contributed by atoms with van der Waals surface area (Å²) in [7, 11) is 0. The zero-order valence-electron chi connectivity index (χ0n) is 17.6. The standard InChI is InChI=1S/C23H25N5O4/c1-23(14-29,22(31)32)11-19(26-21(30)20-13-25-28-27-20)10-15-5-7-17(8-6-15)18-4-2-3-16(9-18)12-24/h2-9,13,19,25,27-29H,10-11,14H2,1H3,(H,26,30)(H,31,32)/t19-,23+/m1/s1. The van der Waals surface area contributed by atoms with Crippen LogP contribution < -0.4 is 21.7 Å². The molecule has 1 aliphatic rings.